The lowest BCUT2D eigenvalue weighted by Gasteiger charge is -2.41. The van der Waals surface area contributed by atoms with Gasteiger partial charge in [0.1, 0.15) is 10.6 Å². The Morgan fingerprint density at radius 3 is 2.07 bits per heavy atom. The number of halogens is 5. The Kier molecular flexibility index (Phi) is 9.95. The summed E-state index contributed by atoms with van der Waals surface area (Å²) in [7, 11) is 0. The van der Waals surface area contributed by atoms with Gasteiger partial charge in [-0.05, 0) is 23.6 Å². The number of rotatable bonds is 9. The topological polar surface area (TPSA) is 93.6 Å². The van der Waals surface area contributed by atoms with Crippen molar-refractivity contribution >= 4 is 29.0 Å². The molecule has 4 unspecified atom stereocenters. The number of carbonyl (C=O) groups excluding carboxylic acids is 1. The molecular weight excluding hydrogens is 625 g/mol. The van der Waals surface area contributed by atoms with Gasteiger partial charge in [0.2, 0.25) is 5.82 Å². The van der Waals surface area contributed by atoms with Crippen molar-refractivity contribution in [2.24, 2.45) is 5.92 Å². The standard InChI is InChI=1S/C30H26F5N3O4S2/c1-14-20(13-43-30-38-37-15(2)44-30)41-29(42-27(14)18-7-5-17(12-39)6-8-18)19-9-3-16(4-10-19)11-36-28(40)21-22(31)24(33)26(35)25(34)23(21)32/h3-10,14,20,27,29,39H,11-13H2,1-2H3,(H,36,40). The molecule has 0 saturated carbocycles. The number of benzene rings is 3. The van der Waals surface area contributed by atoms with Crippen molar-refractivity contribution in [3.63, 3.8) is 0 Å². The molecule has 2 heterocycles. The number of thioether (sulfide) groups is 1. The van der Waals surface area contributed by atoms with Crippen LogP contribution in [0, 0.1) is 41.9 Å². The molecule has 1 fully saturated rings. The second kappa shape index (κ2) is 13.7. The van der Waals surface area contributed by atoms with E-state index in [0.29, 0.717) is 16.9 Å². The highest BCUT2D eigenvalue weighted by molar-refractivity contribution is 8.01. The van der Waals surface area contributed by atoms with Crippen molar-refractivity contribution in [3.8, 4) is 0 Å². The summed E-state index contributed by atoms with van der Waals surface area (Å²) < 4.78 is 82.0. The van der Waals surface area contributed by atoms with Gasteiger partial charge < -0.3 is 19.9 Å². The minimum Gasteiger partial charge on any atom is -0.392 e. The molecule has 0 radical (unpaired) electrons. The normalized spacial score (nSPS) is 20.1. The number of ether oxygens (including phenoxy) is 2. The van der Waals surface area contributed by atoms with Crippen LogP contribution in [0.2, 0.25) is 0 Å². The molecule has 1 aliphatic rings. The third-order valence-electron chi connectivity index (χ3n) is 7.14. The molecule has 1 aromatic heterocycles. The second-order valence-electron chi connectivity index (χ2n) is 10.1. The molecule has 44 heavy (non-hydrogen) atoms. The molecule has 0 aliphatic carbocycles. The van der Waals surface area contributed by atoms with Gasteiger partial charge in [-0.3, -0.25) is 4.79 Å². The SMILES string of the molecule is Cc1nnc(SCC2OC(c3ccc(CNC(=O)c4c(F)c(F)c(F)c(F)c4F)cc3)OC(c3ccc(CO)cc3)C2C)s1. The number of nitrogens with one attached hydrogen (secondary N) is 1. The molecule has 5 rings (SSSR count). The number of amides is 1. The first-order chi connectivity index (χ1) is 21.1. The molecular formula is C30H26F5N3O4S2. The fourth-order valence-electron chi connectivity index (χ4n) is 4.67. The van der Waals surface area contributed by atoms with Gasteiger partial charge in [0.25, 0.3) is 5.91 Å². The molecule has 2 N–H and O–H groups in total. The van der Waals surface area contributed by atoms with Crippen LogP contribution in [-0.2, 0) is 22.6 Å². The van der Waals surface area contributed by atoms with Gasteiger partial charge in [-0.25, -0.2) is 22.0 Å². The zero-order chi connectivity index (χ0) is 31.5. The number of hydrogen-bond donors (Lipinski definition) is 2. The number of hydrogen-bond acceptors (Lipinski definition) is 8. The largest absolute Gasteiger partial charge is 0.392 e. The van der Waals surface area contributed by atoms with Crippen LogP contribution in [-0.4, -0.2) is 33.1 Å². The summed E-state index contributed by atoms with van der Waals surface area (Å²) >= 11 is 3.03. The number of aliphatic hydroxyl groups excluding tert-OH is 1. The van der Waals surface area contributed by atoms with Gasteiger partial charge in [0, 0.05) is 23.8 Å². The van der Waals surface area contributed by atoms with Gasteiger partial charge in [-0.1, -0.05) is 78.6 Å². The van der Waals surface area contributed by atoms with Crippen molar-refractivity contribution in [1.82, 2.24) is 15.5 Å². The van der Waals surface area contributed by atoms with E-state index in [1.54, 1.807) is 24.3 Å². The summed E-state index contributed by atoms with van der Waals surface area (Å²) in [6, 6.07) is 14.1. The van der Waals surface area contributed by atoms with E-state index in [1.807, 2.05) is 38.1 Å². The minimum atomic E-state index is -2.34. The Morgan fingerprint density at radius 1 is 0.886 bits per heavy atom. The first-order valence-corrected chi connectivity index (χ1v) is 15.2. The first-order valence-electron chi connectivity index (χ1n) is 13.4. The highest BCUT2D eigenvalue weighted by Gasteiger charge is 2.38. The van der Waals surface area contributed by atoms with Crippen LogP contribution in [0.1, 0.15) is 56.9 Å². The molecule has 0 spiro atoms. The van der Waals surface area contributed by atoms with Gasteiger partial charge in [0.15, 0.2) is 33.9 Å². The van der Waals surface area contributed by atoms with Crippen molar-refractivity contribution in [2.45, 2.75) is 49.8 Å². The monoisotopic (exact) mass is 651 g/mol. The van der Waals surface area contributed by atoms with Crippen LogP contribution in [0.3, 0.4) is 0 Å². The van der Waals surface area contributed by atoms with E-state index < -0.39 is 46.8 Å². The minimum absolute atomic E-state index is 0.0517. The highest BCUT2D eigenvalue weighted by Crippen LogP contribution is 2.43. The average Bonchev–Trinajstić information content (AvgIpc) is 3.46. The quantitative estimate of drug-likeness (QED) is 0.0918. The summed E-state index contributed by atoms with van der Waals surface area (Å²) in [5, 5.41) is 20.7. The van der Waals surface area contributed by atoms with E-state index in [-0.39, 0.29) is 31.3 Å². The Balaban J connectivity index is 1.31. The second-order valence-corrected chi connectivity index (χ2v) is 12.5. The predicted octanol–water partition coefficient (Wildman–Crippen LogP) is 6.55. The van der Waals surface area contributed by atoms with E-state index in [0.717, 1.165) is 20.5 Å². The molecule has 1 amide bonds. The highest BCUT2D eigenvalue weighted by atomic mass is 32.2. The first kappa shape index (κ1) is 32.0. The Labute approximate surface area is 257 Å². The summed E-state index contributed by atoms with van der Waals surface area (Å²) in [5.41, 5.74) is 1.28. The van der Waals surface area contributed by atoms with Crippen LogP contribution in [0.15, 0.2) is 52.9 Å². The van der Waals surface area contributed by atoms with E-state index in [4.69, 9.17) is 9.47 Å². The van der Waals surface area contributed by atoms with E-state index in [2.05, 4.69) is 15.5 Å². The summed E-state index contributed by atoms with van der Waals surface area (Å²) in [6.07, 6.45) is -1.36. The maximum Gasteiger partial charge on any atom is 0.257 e. The fourth-order valence-corrected chi connectivity index (χ4v) is 6.67. The number of aromatic nitrogens is 2. The molecule has 1 aliphatic heterocycles. The van der Waals surface area contributed by atoms with Gasteiger partial charge in [-0.2, -0.15) is 0 Å². The number of nitrogens with zero attached hydrogens (tertiary/aromatic N) is 2. The Bertz CT molecular complexity index is 1610. The van der Waals surface area contributed by atoms with Crippen molar-refractivity contribution in [3.05, 3.63) is 110 Å². The lowest BCUT2D eigenvalue weighted by molar-refractivity contribution is -0.268. The molecule has 7 nitrogen and oxygen atoms in total. The smallest absolute Gasteiger partial charge is 0.257 e. The van der Waals surface area contributed by atoms with Gasteiger partial charge in [-0.15, -0.1) is 10.2 Å². The molecule has 14 heteroatoms. The molecule has 4 atom stereocenters. The van der Waals surface area contributed by atoms with Crippen molar-refractivity contribution in [2.75, 3.05) is 5.75 Å². The van der Waals surface area contributed by atoms with Gasteiger partial charge in [0.05, 0.1) is 18.8 Å². The molecule has 3 aromatic carbocycles. The van der Waals surface area contributed by atoms with Crippen LogP contribution >= 0.6 is 23.1 Å². The summed E-state index contributed by atoms with van der Waals surface area (Å²) in [6.45, 7) is 3.59. The van der Waals surface area contributed by atoms with E-state index >= 15 is 0 Å². The Hall–Kier alpha value is -3.43. The predicted molar refractivity (Wildman–Crippen MR) is 152 cm³/mol. The molecule has 1 saturated heterocycles. The van der Waals surface area contributed by atoms with Crippen LogP contribution in [0.5, 0.6) is 0 Å². The fraction of sp³-hybridized carbons (Fsp3) is 0.300. The van der Waals surface area contributed by atoms with E-state index in [9.17, 15) is 31.9 Å². The van der Waals surface area contributed by atoms with Crippen LogP contribution in [0.25, 0.3) is 0 Å². The van der Waals surface area contributed by atoms with Crippen LogP contribution in [0.4, 0.5) is 22.0 Å². The summed E-state index contributed by atoms with van der Waals surface area (Å²) in [5.74, 6) is -12.1. The third kappa shape index (κ3) is 6.79. The zero-order valence-corrected chi connectivity index (χ0v) is 25.0. The molecule has 232 valence electrons. The van der Waals surface area contributed by atoms with Crippen LogP contribution < -0.4 is 5.32 Å². The Morgan fingerprint density at radius 2 is 1.48 bits per heavy atom. The maximum atomic E-state index is 14.0. The van der Waals surface area contributed by atoms with Crippen molar-refractivity contribution in [1.29, 1.82) is 0 Å². The third-order valence-corrected chi connectivity index (χ3v) is 9.20. The number of aryl methyl sites for hydroxylation is 1. The zero-order valence-electron chi connectivity index (χ0n) is 23.3. The van der Waals surface area contributed by atoms with Crippen molar-refractivity contribution < 1.29 is 41.3 Å². The number of carbonyl (C=O) groups is 1. The lowest BCUT2D eigenvalue weighted by Crippen LogP contribution is -2.38. The number of aliphatic hydroxyl groups is 1. The van der Waals surface area contributed by atoms with E-state index in [1.165, 1.54) is 23.1 Å². The van der Waals surface area contributed by atoms with Gasteiger partial charge >= 0.3 is 0 Å². The lowest BCUT2D eigenvalue weighted by atomic mass is 9.91. The average molecular weight is 652 g/mol. The summed E-state index contributed by atoms with van der Waals surface area (Å²) in [4.78, 5) is 12.3. The molecule has 4 aromatic rings. The molecule has 0 bridgehead atoms. The maximum absolute atomic E-state index is 14.0.